The summed E-state index contributed by atoms with van der Waals surface area (Å²) in [6.45, 7) is 2.06. The van der Waals surface area contributed by atoms with Crippen molar-refractivity contribution in [1.29, 1.82) is 0 Å². The first-order chi connectivity index (χ1) is 8.20. The molecule has 0 bridgehead atoms. The summed E-state index contributed by atoms with van der Waals surface area (Å²) in [5, 5.41) is 5.07. The van der Waals surface area contributed by atoms with Crippen molar-refractivity contribution in [2.75, 3.05) is 7.11 Å². The summed E-state index contributed by atoms with van der Waals surface area (Å²) >= 11 is 0. The number of hydrogen-bond acceptors (Lipinski definition) is 2. The van der Waals surface area contributed by atoms with E-state index in [1.54, 1.807) is 7.11 Å². The molecule has 0 fully saturated rings. The molecule has 17 heavy (non-hydrogen) atoms. The molecule has 2 aromatic rings. The lowest BCUT2D eigenvalue weighted by molar-refractivity contribution is -0.119. The molecule has 0 saturated carbocycles. The minimum Gasteiger partial charge on any atom is -0.497 e. The Kier molecular flexibility index (Phi) is 3.28. The molecule has 0 spiro atoms. The van der Waals surface area contributed by atoms with Gasteiger partial charge in [-0.15, -0.1) is 0 Å². The maximum absolute atomic E-state index is 10.9. The molecule has 0 aliphatic carbocycles. The first-order valence-corrected chi connectivity index (χ1v) is 5.51. The van der Waals surface area contributed by atoms with Gasteiger partial charge in [-0.05, 0) is 28.5 Å². The monoisotopic (exact) mass is 229 g/mol. The Labute approximate surface area is 100 Å². The van der Waals surface area contributed by atoms with Crippen LogP contribution in [-0.2, 0) is 11.3 Å². The van der Waals surface area contributed by atoms with Gasteiger partial charge in [0.2, 0.25) is 5.91 Å². The zero-order valence-electron chi connectivity index (χ0n) is 9.99. The number of ether oxygens (including phenoxy) is 1. The molecule has 1 amide bonds. The zero-order valence-corrected chi connectivity index (χ0v) is 9.99. The number of nitrogens with one attached hydrogen (secondary N) is 1. The van der Waals surface area contributed by atoms with Gasteiger partial charge in [0.1, 0.15) is 5.75 Å². The van der Waals surface area contributed by atoms with Crippen LogP contribution >= 0.6 is 0 Å². The SMILES string of the molecule is COc1ccc2cccc(CNC(C)=O)c2c1. The van der Waals surface area contributed by atoms with E-state index in [-0.39, 0.29) is 5.91 Å². The van der Waals surface area contributed by atoms with E-state index >= 15 is 0 Å². The Morgan fingerprint density at radius 3 is 2.82 bits per heavy atom. The molecule has 0 atom stereocenters. The molecule has 0 heterocycles. The lowest BCUT2D eigenvalue weighted by atomic mass is 10.0. The molecule has 2 rings (SSSR count). The van der Waals surface area contributed by atoms with Crippen molar-refractivity contribution in [1.82, 2.24) is 5.32 Å². The lowest BCUT2D eigenvalue weighted by Gasteiger charge is -2.08. The number of hydrogen-bond donors (Lipinski definition) is 1. The van der Waals surface area contributed by atoms with Gasteiger partial charge in [0.05, 0.1) is 7.11 Å². The van der Waals surface area contributed by atoms with Crippen LogP contribution in [0.1, 0.15) is 12.5 Å². The van der Waals surface area contributed by atoms with E-state index in [1.807, 2.05) is 36.4 Å². The molecule has 88 valence electrons. The third-order valence-corrected chi connectivity index (χ3v) is 2.71. The van der Waals surface area contributed by atoms with Crippen LogP contribution < -0.4 is 10.1 Å². The summed E-state index contributed by atoms with van der Waals surface area (Å²) in [5.74, 6) is 0.803. The number of benzene rings is 2. The van der Waals surface area contributed by atoms with Gasteiger partial charge in [0.25, 0.3) is 0 Å². The normalized spacial score (nSPS) is 10.2. The van der Waals surface area contributed by atoms with Crippen molar-refractivity contribution in [2.45, 2.75) is 13.5 Å². The van der Waals surface area contributed by atoms with Crippen LogP contribution in [0.2, 0.25) is 0 Å². The Balaban J connectivity index is 2.43. The van der Waals surface area contributed by atoms with E-state index in [4.69, 9.17) is 4.74 Å². The summed E-state index contributed by atoms with van der Waals surface area (Å²) in [7, 11) is 1.65. The molecule has 3 nitrogen and oxygen atoms in total. The van der Waals surface area contributed by atoms with Gasteiger partial charge in [-0.3, -0.25) is 4.79 Å². The fourth-order valence-corrected chi connectivity index (χ4v) is 1.82. The second-order valence-corrected chi connectivity index (χ2v) is 3.91. The summed E-state index contributed by atoms with van der Waals surface area (Å²) in [4.78, 5) is 10.9. The van der Waals surface area contributed by atoms with E-state index in [0.29, 0.717) is 6.54 Å². The molecule has 0 unspecified atom stereocenters. The van der Waals surface area contributed by atoms with E-state index < -0.39 is 0 Å². The smallest absolute Gasteiger partial charge is 0.217 e. The molecular formula is C14H15NO2. The predicted molar refractivity (Wildman–Crippen MR) is 68.0 cm³/mol. The van der Waals surface area contributed by atoms with E-state index in [2.05, 4.69) is 5.32 Å². The molecule has 0 saturated heterocycles. The molecule has 1 N–H and O–H groups in total. The van der Waals surface area contributed by atoms with Crippen LogP contribution in [-0.4, -0.2) is 13.0 Å². The number of carbonyl (C=O) groups excluding carboxylic acids is 1. The molecular weight excluding hydrogens is 214 g/mol. The topological polar surface area (TPSA) is 38.3 Å². The van der Waals surface area contributed by atoms with E-state index in [1.165, 1.54) is 6.92 Å². The fraction of sp³-hybridized carbons (Fsp3) is 0.214. The Hall–Kier alpha value is -2.03. The second kappa shape index (κ2) is 4.87. The van der Waals surface area contributed by atoms with Gasteiger partial charge in [-0.25, -0.2) is 0 Å². The van der Waals surface area contributed by atoms with Crippen molar-refractivity contribution < 1.29 is 9.53 Å². The minimum atomic E-state index is -0.0232. The number of rotatable bonds is 3. The number of fused-ring (bicyclic) bond motifs is 1. The van der Waals surface area contributed by atoms with Gasteiger partial charge in [-0.2, -0.15) is 0 Å². The van der Waals surface area contributed by atoms with Crippen molar-refractivity contribution in [3.05, 3.63) is 42.0 Å². The third kappa shape index (κ3) is 2.56. The van der Waals surface area contributed by atoms with E-state index in [9.17, 15) is 4.79 Å². The van der Waals surface area contributed by atoms with Crippen LogP contribution in [0.15, 0.2) is 36.4 Å². The zero-order chi connectivity index (χ0) is 12.3. The largest absolute Gasteiger partial charge is 0.497 e. The average Bonchev–Trinajstić information content (AvgIpc) is 2.35. The van der Waals surface area contributed by atoms with Gasteiger partial charge < -0.3 is 10.1 Å². The third-order valence-electron chi connectivity index (χ3n) is 2.71. The second-order valence-electron chi connectivity index (χ2n) is 3.91. The molecule has 0 radical (unpaired) electrons. The minimum absolute atomic E-state index is 0.0232. The Bertz CT molecular complexity index is 549. The van der Waals surface area contributed by atoms with Crippen LogP contribution in [0, 0.1) is 0 Å². The van der Waals surface area contributed by atoms with Crippen LogP contribution in [0.4, 0.5) is 0 Å². The van der Waals surface area contributed by atoms with Gasteiger partial charge in [-0.1, -0.05) is 24.3 Å². The fourth-order valence-electron chi connectivity index (χ4n) is 1.82. The van der Waals surface area contributed by atoms with Gasteiger partial charge in [0.15, 0.2) is 0 Å². The van der Waals surface area contributed by atoms with Crippen LogP contribution in [0.5, 0.6) is 5.75 Å². The van der Waals surface area contributed by atoms with Crippen LogP contribution in [0.3, 0.4) is 0 Å². The van der Waals surface area contributed by atoms with Crippen molar-refractivity contribution >= 4 is 16.7 Å². The maximum Gasteiger partial charge on any atom is 0.217 e. The summed E-state index contributed by atoms with van der Waals surface area (Å²) in [6.07, 6.45) is 0. The standard InChI is InChI=1S/C14H15NO2/c1-10(16)15-9-12-5-3-4-11-6-7-13(17-2)8-14(11)12/h3-8H,9H2,1-2H3,(H,15,16). The molecule has 3 heteroatoms. The Morgan fingerprint density at radius 2 is 2.12 bits per heavy atom. The number of carbonyl (C=O) groups is 1. The van der Waals surface area contributed by atoms with Crippen LogP contribution in [0.25, 0.3) is 10.8 Å². The van der Waals surface area contributed by atoms with Crippen molar-refractivity contribution in [2.24, 2.45) is 0 Å². The first-order valence-electron chi connectivity index (χ1n) is 5.51. The quantitative estimate of drug-likeness (QED) is 0.878. The highest BCUT2D eigenvalue weighted by atomic mass is 16.5. The highest BCUT2D eigenvalue weighted by molar-refractivity contribution is 5.87. The predicted octanol–water partition coefficient (Wildman–Crippen LogP) is 2.48. The first kappa shape index (κ1) is 11.5. The lowest BCUT2D eigenvalue weighted by Crippen LogP contribution is -2.18. The molecule has 0 aliphatic heterocycles. The maximum atomic E-state index is 10.9. The molecule has 0 aliphatic rings. The van der Waals surface area contributed by atoms with Crippen molar-refractivity contribution in [3.8, 4) is 5.75 Å². The molecule has 0 aromatic heterocycles. The van der Waals surface area contributed by atoms with Crippen molar-refractivity contribution in [3.63, 3.8) is 0 Å². The summed E-state index contributed by atoms with van der Waals surface area (Å²) < 4.78 is 5.22. The highest BCUT2D eigenvalue weighted by Crippen LogP contribution is 2.23. The van der Waals surface area contributed by atoms with Gasteiger partial charge in [0, 0.05) is 13.5 Å². The average molecular weight is 229 g/mol. The molecule has 2 aromatic carbocycles. The number of methoxy groups -OCH3 is 1. The Morgan fingerprint density at radius 1 is 1.29 bits per heavy atom. The van der Waals surface area contributed by atoms with E-state index in [0.717, 1.165) is 22.1 Å². The van der Waals surface area contributed by atoms with Gasteiger partial charge >= 0.3 is 0 Å². The summed E-state index contributed by atoms with van der Waals surface area (Å²) in [5.41, 5.74) is 1.09. The summed E-state index contributed by atoms with van der Waals surface area (Å²) in [6, 6.07) is 12.0. The number of amides is 1. The highest BCUT2D eigenvalue weighted by Gasteiger charge is 2.03.